The van der Waals surface area contributed by atoms with E-state index < -0.39 is 6.10 Å². The zero-order valence-corrected chi connectivity index (χ0v) is 42.6. The van der Waals surface area contributed by atoms with Crippen LogP contribution in [-0.2, 0) is 28.6 Å². The number of carbonyl (C=O) groups is 3. The third-order valence-electron chi connectivity index (χ3n) is 12.1. The maximum Gasteiger partial charge on any atom is 0.306 e. The second-order valence-corrected chi connectivity index (χ2v) is 18.5. The van der Waals surface area contributed by atoms with Crippen molar-refractivity contribution in [2.24, 2.45) is 0 Å². The second kappa shape index (κ2) is 53.0. The standard InChI is InChI=1S/C58H104O6/c1-4-7-10-13-16-19-22-25-28-29-30-31-34-36-39-42-45-48-51-57(60)63-54-55(64-58(61)52-49-46-43-40-37-33-27-24-21-18-15-12-9-6-3)53-62-56(59)50-47-44-41-38-35-32-26-23-20-17-14-11-8-5-2/h28-33,35,37,55H,4-27,34,36,38-54H2,1-3H3/b29-28-,31-30-,35-32-,37-33-. The Hall–Kier alpha value is -2.63. The van der Waals surface area contributed by atoms with Crippen LogP contribution in [0.5, 0.6) is 0 Å². The summed E-state index contributed by atoms with van der Waals surface area (Å²) in [7, 11) is 0. The van der Waals surface area contributed by atoms with Crippen LogP contribution in [0.1, 0.15) is 284 Å². The summed E-state index contributed by atoms with van der Waals surface area (Å²) in [6.45, 7) is 6.61. The van der Waals surface area contributed by atoms with Gasteiger partial charge in [0.2, 0.25) is 0 Å². The molecule has 0 aromatic carbocycles. The fourth-order valence-electron chi connectivity index (χ4n) is 7.83. The summed E-state index contributed by atoms with van der Waals surface area (Å²) < 4.78 is 16.8. The highest BCUT2D eigenvalue weighted by atomic mass is 16.6. The Morgan fingerprint density at radius 3 is 0.891 bits per heavy atom. The average molecular weight is 897 g/mol. The molecule has 0 aromatic heterocycles. The van der Waals surface area contributed by atoms with Crippen molar-refractivity contribution in [1.29, 1.82) is 0 Å². The molecule has 0 saturated heterocycles. The highest BCUT2D eigenvalue weighted by Crippen LogP contribution is 2.14. The summed E-state index contributed by atoms with van der Waals surface area (Å²) in [4.78, 5) is 38.0. The first kappa shape index (κ1) is 61.4. The number of ether oxygens (including phenoxy) is 3. The van der Waals surface area contributed by atoms with Gasteiger partial charge in [-0.2, -0.15) is 0 Å². The van der Waals surface area contributed by atoms with Crippen LogP contribution in [-0.4, -0.2) is 37.2 Å². The number of hydrogen-bond donors (Lipinski definition) is 0. The van der Waals surface area contributed by atoms with E-state index in [1.165, 1.54) is 141 Å². The van der Waals surface area contributed by atoms with Gasteiger partial charge < -0.3 is 14.2 Å². The largest absolute Gasteiger partial charge is 0.462 e. The molecule has 0 heterocycles. The molecule has 372 valence electrons. The molecule has 0 rings (SSSR count). The molecule has 0 spiro atoms. The molecule has 0 bridgehead atoms. The zero-order chi connectivity index (χ0) is 46.5. The maximum atomic E-state index is 12.8. The Morgan fingerprint density at radius 1 is 0.312 bits per heavy atom. The second-order valence-electron chi connectivity index (χ2n) is 18.5. The first-order valence-corrected chi connectivity index (χ1v) is 27.7. The SMILES string of the molecule is CCCCCCCCC/C=C\C=C/CCCCCCCC(=O)OCC(COC(=O)CCCCC/C=C\CCCCCCCCC)OC(=O)CCCCC/C=C\CCCCCCCCC. The van der Waals surface area contributed by atoms with Crippen molar-refractivity contribution in [2.75, 3.05) is 13.2 Å². The minimum absolute atomic E-state index is 0.0909. The number of allylic oxidation sites excluding steroid dienone is 8. The molecule has 0 amide bonds. The van der Waals surface area contributed by atoms with Gasteiger partial charge in [-0.15, -0.1) is 0 Å². The fraction of sp³-hybridized carbons (Fsp3) is 0.810. The number of carbonyl (C=O) groups excluding carboxylic acids is 3. The van der Waals surface area contributed by atoms with Gasteiger partial charge in [0.25, 0.3) is 0 Å². The van der Waals surface area contributed by atoms with Crippen LogP contribution in [0, 0.1) is 0 Å². The lowest BCUT2D eigenvalue weighted by molar-refractivity contribution is -0.167. The fourth-order valence-corrected chi connectivity index (χ4v) is 7.83. The van der Waals surface area contributed by atoms with Crippen molar-refractivity contribution in [3.8, 4) is 0 Å². The Balaban J connectivity index is 4.42. The van der Waals surface area contributed by atoms with Gasteiger partial charge in [-0.05, 0) is 96.3 Å². The van der Waals surface area contributed by atoms with Crippen LogP contribution in [0.25, 0.3) is 0 Å². The lowest BCUT2D eigenvalue weighted by atomic mass is 10.1. The Bertz CT molecular complexity index is 1120. The van der Waals surface area contributed by atoms with E-state index in [9.17, 15) is 14.4 Å². The monoisotopic (exact) mass is 897 g/mol. The molecule has 0 aliphatic rings. The smallest absolute Gasteiger partial charge is 0.306 e. The number of unbranched alkanes of at least 4 members (excludes halogenated alkanes) is 32. The van der Waals surface area contributed by atoms with Crippen LogP contribution in [0.4, 0.5) is 0 Å². The van der Waals surface area contributed by atoms with Crippen LogP contribution in [0.3, 0.4) is 0 Å². The van der Waals surface area contributed by atoms with Crippen LogP contribution >= 0.6 is 0 Å². The van der Waals surface area contributed by atoms with Crippen molar-refractivity contribution in [2.45, 2.75) is 290 Å². The molecule has 0 N–H and O–H groups in total. The third-order valence-corrected chi connectivity index (χ3v) is 12.1. The molecule has 0 fully saturated rings. The van der Waals surface area contributed by atoms with E-state index in [0.717, 1.165) is 103 Å². The summed E-state index contributed by atoms with van der Waals surface area (Å²) in [5, 5.41) is 0. The van der Waals surface area contributed by atoms with Gasteiger partial charge in [0.15, 0.2) is 6.10 Å². The summed E-state index contributed by atoms with van der Waals surface area (Å²) >= 11 is 0. The molecule has 0 aliphatic heterocycles. The summed E-state index contributed by atoms with van der Waals surface area (Å²) in [5.41, 5.74) is 0. The van der Waals surface area contributed by atoms with E-state index >= 15 is 0 Å². The molecule has 0 radical (unpaired) electrons. The molecule has 1 atom stereocenters. The predicted octanol–water partition coefficient (Wildman–Crippen LogP) is 18.3. The van der Waals surface area contributed by atoms with Gasteiger partial charge in [-0.1, -0.05) is 217 Å². The Labute approximate surface area is 397 Å². The van der Waals surface area contributed by atoms with Gasteiger partial charge in [-0.3, -0.25) is 14.4 Å². The molecular formula is C58H104O6. The van der Waals surface area contributed by atoms with Crippen molar-refractivity contribution in [1.82, 2.24) is 0 Å². The molecular weight excluding hydrogens is 793 g/mol. The van der Waals surface area contributed by atoms with Crippen molar-refractivity contribution in [3.63, 3.8) is 0 Å². The highest BCUT2D eigenvalue weighted by Gasteiger charge is 2.19. The normalized spacial score (nSPS) is 12.4. The van der Waals surface area contributed by atoms with Gasteiger partial charge in [0.05, 0.1) is 0 Å². The molecule has 1 unspecified atom stereocenters. The van der Waals surface area contributed by atoms with E-state index in [4.69, 9.17) is 14.2 Å². The van der Waals surface area contributed by atoms with E-state index in [2.05, 4.69) is 69.4 Å². The Morgan fingerprint density at radius 2 is 0.562 bits per heavy atom. The van der Waals surface area contributed by atoms with E-state index in [0.29, 0.717) is 19.3 Å². The molecule has 64 heavy (non-hydrogen) atoms. The highest BCUT2D eigenvalue weighted by molar-refractivity contribution is 5.71. The summed E-state index contributed by atoms with van der Waals surface area (Å²) in [6.07, 6.45) is 63.8. The zero-order valence-electron chi connectivity index (χ0n) is 42.6. The van der Waals surface area contributed by atoms with Crippen LogP contribution in [0.15, 0.2) is 48.6 Å². The Kier molecular flexibility index (Phi) is 50.8. The number of rotatable bonds is 50. The molecule has 0 saturated carbocycles. The molecule has 0 aliphatic carbocycles. The van der Waals surface area contributed by atoms with Gasteiger partial charge >= 0.3 is 17.9 Å². The van der Waals surface area contributed by atoms with Crippen LogP contribution in [0.2, 0.25) is 0 Å². The van der Waals surface area contributed by atoms with Crippen LogP contribution < -0.4 is 0 Å². The lowest BCUT2D eigenvalue weighted by Crippen LogP contribution is -2.30. The number of hydrogen-bond acceptors (Lipinski definition) is 6. The quantitative estimate of drug-likeness (QED) is 0.0199. The molecule has 6 nitrogen and oxygen atoms in total. The number of esters is 3. The first-order chi connectivity index (χ1) is 31.5. The van der Waals surface area contributed by atoms with E-state index in [1.807, 2.05) is 0 Å². The predicted molar refractivity (Wildman–Crippen MR) is 275 cm³/mol. The summed E-state index contributed by atoms with van der Waals surface area (Å²) in [6, 6.07) is 0. The van der Waals surface area contributed by atoms with Gasteiger partial charge in [0.1, 0.15) is 13.2 Å². The molecule has 0 aromatic rings. The average Bonchev–Trinajstić information content (AvgIpc) is 3.29. The molecule has 6 heteroatoms. The minimum atomic E-state index is -0.792. The third kappa shape index (κ3) is 50.4. The van der Waals surface area contributed by atoms with Crippen molar-refractivity contribution < 1.29 is 28.6 Å². The lowest BCUT2D eigenvalue weighted by Gasteiger charge is -2.18. The van der Waals surface area contributed by atoms with Gasteiger partial charge in [-0.25, -0.2) is 0 Å². The summed E-state index contributed by atoms with van der Waals surface area (Å²) in [5.74, 6) is -0.927. The maximum absolute atomic E-state index is 12.8. The van der Waals surface area contributed by atoms with Crippen molar-refractivity contribution in [3.05, 3.63) is 48.6 Å². The van der Waals surface area contributed by atoms with Gasteiger partial charge in [0, 0.05) is 19.3 Å². The minimum Gasteiger partial charge on any atom is -0.462 e. The first-order valence-electron chi connectivity index (χ1n) is 27.7. The topological polar surface area (TPSA) is 78.9 Å². The van der Waals surface area contributed by atoms with E-state index in [-0.39, 0.29) is 31.1 Å². The van der Waals surface area contributed by atoms with E-state index in [1.54, 1.807) is 0 Å². The van der Waals surface area contributed by atoms with Crippen molar-refractivity contribution >= 4 is 17.9 Å².